The van der Waals surface area contributed by atoms with Gasteiger partial charge in [0.15, 0.2) is 0 Å². The van der Waals surface area contributed by atoms with E-state index in [9.17, 15) is 0 Å². The summed E-state index contributed by atoms with van der Waals surface area (Å²) >= 11 is 0. The Kier molecular flexibility index (Phi) is 3.80. The molecule has 2 nitrogen and oxygen atoms in total. The molecule has 136 valence electrons. The van der Waals surface area contributed by atoms with E-state index >= 15 is 0 Å². The van der Waals surface area contributed by atoms with E-state index in [0.717, 1.165) is 28.3 Å². The fourth-order valence-corrected chi connectivity index (χ4v) is 4.15. The lowest BCUT2D eigenvalue weighted by Crippen LogP contribution is -2.25. The molecule has 0 saturated heterocycles. The topological polar surface area (TPSA) is 22.1 Å². The minimum Gasteiger partial charge on any atom is -0.457 e. The van der Waals surface area contributed by atoms with Gasteiger partial charge in [-0.05, 0) is 23.8 Å². The molecule has 0 radical (unpaired) electrons. The summed E-state index contributed by atoms with van der Waals surface area (Å²) in [5.41, 5.74) is 6.61. The van der Waals surface area contributed by atoms with Gasteiger partial charge in [-0.2, -0.15) is 0 Å². The quantitative estimate of drug-likeness (QED) is 0.389. The molecule has 0 spiro atoms. The first-order chi connectivity index (χ1) is 13.6. The minimum atomic E-state index is -0.166. The molecular formula is C26H21NO. The number of aromatic nitrogens is 1. The highest BCUT2D eigenvalue weighted by molar-refractivity contribution is 5.74. The Hall–Kier alpha value is -3.39. The first kappa shape index (κ1) is 16.8. The van der Waals surface area contributed by atoms with Gasteiger partial charge in [0.2, 0.25) is 0 Å². The third-order valence-electron chi connectivity index (χ3n) is 5.58. The second kappa shape index (κ2) is 6.35. The zero-order chi connectivity index (χ0) is 19.1. The van der Waals surface area contributed by atoms with Crippen LogP contribution in [0, 0.1) is 0 Å². The van der Waals surface area contributed by atoms with Crippen molar-refractivity contribution >= 4 is 0 Å². The first-order valence-electron chi connectivity index (χ1n) is 9.57. The van der Waals surface area contributed by atoms with Crippen LogP contribution < -0.4 is 4.74 Å². The number of nitrogens with zero attached hydrogens (tertiary/aromatic N) is 1. The summed E-state index contributed by atoms with van der Waals surface area (Å²) in [5.74, 6) is 1.85. The van der Waals surface area contributed by atoms with Crippen LogP contribution in [0.4, 0.5) is 0 Å². The van der Waals surface area contributed by atoms with Gasteiger partial charge in [-0.25, -0.2) is 0 Å². The zero-order valence-corrected chi connectivity index (χ0v) is 16.0. The van der Waals surface area contributed by atoms with Gasteiger partial charge in [0.05, 0.1) is 5.69 Å². The molecule has 0 aliphatic carbocycles. The molecule has 0 unspecified atom stereocenters. The van der Waals surface area contributed by atoms with E-state index in [-0.39, 0.29) is 5.41 Å². The summed E-state index contributed by atoms with van der Waals surface area (Å²) in [7, 11) is 0. The highest BCUT2D eigenvalue weighted by Gasteiger charge is 2.36. The molecule has 5 rings (SSSR count). The summed E-state index contributed by atoms with van der Waals surface area (Å²) in [6.07, 6.45) is 1.95. The molecule has 28 heavy (non-hydrogen) atoms. The molecule has 3 aromatic carbocycles. The smallest absolute Gasteiger partial charge is 0.132 e. The van der Waals surface area contributed by atoms with Crippen LogP contribution in [-0.4, -0.2) is 4.98 Å². The van der Waals surface area contributed by atoms with E-state index in [0.29, 0.717) is 0 Å². The van der Waals surface area contributed by atoms with Crippen LogP contribution in [0.3, 0.4) is 0 Å². The molecule has 0 fully saturated rings. The van der Waals surface area contributed by atoms with Gasteiger partial charge < -0.3 is 4.74 Å². The molecule has 2 heteroatoms. The Balaban J connectivity index is 1.62. The number of rotatable bonds is 2. The molecule has 1 aromatic heterocycles. The first-order valence-corrected chi connectivity index (χ1v) is 9.57. The molecule has 0 saturated carbocycles. The highest BCUT2D eigenvalue weighted by atomic mass is 16.5. The van der Waals surface area contributed by atoms with Gasteiger partial charge in [0.1, 0.15) is 11.5 Å². The largest absolute Gasteiger partial charge is 0.457 e. The van der Waals surface area contributed by atoms with Gasteiger partial charge in [0, 0.05) is 33.9 Å². The van der Waals surface area contributed by atoms with Gasteiger partial charge in [-0.15, -0.1) is 0 Å². The average Bonchev–Trinajstić information content (AvgIpc) is 2.74. The Morgan fingerprint density at radius 2 is 1.43 bits per heavy atom. The van der Waals surface area contributed by atoms with E-state index in [1.807, 2.05) is 42.6 Å². The zero-order valence-electron chi connectivity index (χ0n) is 16.0. The van der Waals surface area contributed by atoms with Crippen LogP contribution in [0.1, 0.15) is 25.0 Å². The van der Waals surface area contributed by atoms with Crippen LogP contribution in [0.2, 0.25) is 0 Å². The Morgan fingerprint density at radius 3 is 2.21 bits per heavy atom. The van der Waals surface area contributed by atoms with Crippen molar-refractivity contribution in [2.75, 3.05) is 0 Å². The van der Waals surface area contributed by atoms with Crippen molar-refractivity contribution in [3.05, 3.63) is 102 Å². The molecule has 1 aliphatic rings. The van der Waals surface area contributed by atoms with Crippen molar-refractivity contribution in [3.63, 3.8) is 0 Å². The molecule has 0 bridgehead atoms. The summed E-state index contributed by atoms with van der Waals surface area (Å²) in [5, 5.41) is 0. The Labute approximate surface area is 165 Å². The number of ether oxygens (including phenoxy) is 1. The van der Waals surface area contributed by atoms with Crippen molar-refractivity contribution in [2.24, 2.45) is 0 Å². The molecule has 0 N–H and O–H groups in total. The fraction of sp³-hybridized carbons (Fsp3) is 0.115. The maximum Gasteiger partial charge on any atom is 0.132 e. The van der Waals surface area contributed by atoms with E-state index in [1.165, 1.54) is 16.7 Å². The summed E-state index contributed by atoms with van der Waals surface area (Å²) < 4.78 is 6.24. The standard InChI is InChI=1S/C26H21NO/c1-26(2)21-12-6-7-13-23(21)28-24-14-8-11-20(25(24)26)22-16-15-19(17-27-22)18-9-4-3-5-10-18/h3-17H,1-2H3. The highest BCUT2D eigenvalue weighted by Crippen LogP contribution is 2.50. The molecule has 4 aromatic rings. The fourth-order valence-electron chi connectivity index (χ4n) is 4.15. The van der Waals surface area contributed by atoms with Crippen LogP contribution in [0.25, 0.3) is 22.4 Å². The predicted octanol–water partition coefficient (Wildman–Crippen LogP) is 6.85. The van der Waals surface area contributed by atoms with Crippen LogP contribution >= 0.6 is 0 Å². The lowest BCUT2D eigenvalue weighted by Gasteiger charge is -2.36. The van der Waals surface area contributed by atoms with Crippen molar-refractivity contribution < 1.29 is 4.74 Å². The van der Waals surface area contributed by atoms with Crippen LogP contribution in [0.5, 0.6) is 11.5 Å². The van der Waals surface area contributed by atoms with Crippen molar-refractivity contribution in [2.45, 2.75) is 19.3 Å². The number of hydrogen-bond donors (Lipinski definition) is 0. The second-order valence-corrected chi connectivity index (χ2v) is 7.70. The minimum absolute atomic E-state index is 0.166. The van der Waals surface area contributed by atoms with Crippen molar-refractivity contribution in [1.29, 1.82) is 0 Å². The predicted molar refractivity (Wildman–Crippen MR) is 114 cm³/mol. The molecule has 0 atom stereocenters. The molecule has 2 heterocycles. The number of hydrogen-bond acceptors (Lipinski definition) is 2. The van der Waals surface area contributed by atoms with Gasteiger partial charge in [-0.3, -0.25) is 4.98 Å². The Morgan fingerprint density at radius 1 is 0.679 bits per heavy atom. The monoisotopic (exact) mass is 363 g/mol. The van der Waals surface area contributed by atoms with E-state index in [4.69, 9.17) is 9.72 Å². The summed E-state index contributed by atoms with van der Waals surface area (Å²) in [6.45, 7) is 4.52. The number of fused-ring (bicyclic) bond motifs is 2. The Bertz CT molecular complexity index is 1140. The average molecular weight is 363 g/mol. The third-order valence-corrected chi connectivity index (χ3v) is 5.58. The maximum atomic E-state index is 6.24. The van der Waals surface area contributed by atoms with Crippen LogP contribution in [0.15, 0.2) is 91.1 Å². The molecule has 1 aliphatic heterocycles. The van der Waals surface area contributed by atoms with Gasteiger partial charge in [0.25, 0.3) is 0 Å². The second-order valence-electron chi connectivity index (χ2n) is 7.70. The van der Waals surface area contributed by atoms with E-state index in [2.05, 4.69) is 62.4 Å². The normalized spacial score (nSPS) is 13.9. The summed E-state index contributed by atoms with van der Waals surface area (Å²) in [6, 6.07) is 29.1. The van der Waals surface area contributed by atoms with Gasteiger partial charge in [-0.1, -0.05) is 80.6 Å². The number of pyridine rings is 1. The summed E-state index contributed by atoms with van der Waals surface area (Å²) in [4.78, 5) is 4.80. The lowest BCUT2D eigenvalue weighted by molar-refractivity contribution is 0.419. The molecule has 0 amide bonds. The van der Waals surface area contributed by atoms with E-state index in [1.54, 1.807) is 0 Å². The molecular weight excluding hydrogens is 342 g/mol. The number of para-hydroxylation sites is 1. The SMILES string of the molecule is CC1(C)c2ccccc2Oc2cccc(-c3ccc(-c4ccccc4)cn3)c21. The maximum absolute atomic E-state index is 6.24. The number of benzene rings is 3. The lowest BCUT2D eigenvalue weighted by atomic mass is 9.73. The third kappa shape index (κ3) is 2.61. The van der Waals surface area contributed by atoms with Crippen molar-refractivity contribution in [3.8, 4) is 33.9 Å². The van der Waals surface area contributed by atoms with Crippen molar-refractivity contribution in [1.82, 2.24) is 4.98 Å². The van der Waals surface area contributed by atoms with E-state index < -0.39 is 0 Å². The van der Waals surface area contributed by atoms with Crippen LogP contribution in [-0.2, 0) is 5.41 Å². The van der Waals surface area contributed by atoms with Gasteiger partial charge >= 0.3 is 0 Å².